The molecule has 26 heavy (non-hydrogen) atoms. The molecule has 1 heterocycles. The summed E-state index contributed by atoms with van der Waals surface area (Å²) < 4.78 is 10.2. The molecule has 0 unspecified atom stereocenters. The van der Waals surface area contributed by atoms with Gasteiger partial charge in [-0.1, -0.05) is 29.3 Å². The van der Waals surface area contributed by atoms with Crippen LogP contribution in [0.2, 0.25) is 10.0 Å². The average Bonchev–Trinajstić information content (AvgIpc) is 2.62. The predicted molar refractivity (Wildman–Crippen MR) is 96.0 cm³/mol. The number of carbonyl (C=O) groups is 3. The van der Waals surface area contributed by atoms with E-state index < -0.39 is 18.4 Å². The summed E-state index contributed by atoms with van der Waals surface area (Å²) in [5, 5.41) is 3.35. The number of ether oxygens (including phenoxy) is 2. The van der Waals surface area contributed by atoms with E-state index in [-0.39, 0.29) is 18.9 Å². The van der Waals surface area contributed by atoms with E-state index in [1.165, 1.54) is 6.07 Å². The summed E-state index contributed by atoms with van der Waals surface area (Å²) in [5.74, 6) is -0.769. The number of anilines is 1. The van der Waals surface area contributed by atoms with Crippen LogP contribution in [-0.2, 0) is 20.7 Å². The summed E-state index contributed by atoms with van der Waals surface area (Å²) in [6.45, 7) is -0.472. The van der Waals surface area contributed by atoms with Crippen LogP contribution in [0.15, 0.2) is 36.4 Å². The van der Waals surface area contributed by atoms with E-state index in [4.69, 9.17) is 32.7 Å². The molecule has 0 atom stereocenters. The van der Waals surface area contributed by atoms with Gasteiger partial charge < -0.3 is 14.8 Å². The highest BCUT2D eigenvalue weighted by Crippen LogP contribution is 2.28. The van der Waals surface area contributed by atoms with Crippen molar-refractivity contribution in [1.82, 2.24) is 0 Å². The molecule has 1 aliphatic heterocycles. The van der Waals surface area contributed by atoms with Crippen LogP contribution in [0, 0.1) is 0 Å². The number of Topliss-reactive ketones (excluding diaryl/α,β-unsaturated/α-hetero) is 1. The highest BCUT2D eigenvalue weighted by molar-refractivity contribution is 6.42. The molecule has 8 heteroatoms. The minimum atomic E-state index is -0.564. The SMILES string of the molecule is O=C1COc2ccc(C(=O)COC(=O)Cc3ccc(Cl)c(Cl)c3)cc2N1. The van der Waals surface area contributed by atoms with Gasteiger partial charge in [-0.25, -0.2) is 0 Å². The number of hydrogen-bond acceptors (Lipinski definition) is 5. The number of fused-ring (bicyclic) bond motifs is 1. The van der Waals surface area contributed by atoms with Gasteiger partial charge in [0.05, 0.1) is 22.2 Å². The van der Waals surface area contributed by atoms with Gasteiger partial charge in [0.2, 0.25) is 0 Å². The smallest absolute Gasteiger partial charge is 0.310 e. The minimum absolute atomic E-state index is 0.0295. The Kier molecular flexibility index (Phi) is 5.44. The van der Waals surface area contributed by atoms with Gasteiger partial charge in [0.1, 0.15) is 5.75 Å². The molecule has 3 rings (SSSR count). The highest BCUT2D eigenvalue weighted by Gasteiger charge is 2.18. The van der Waals surface area contributed by atoms with Gasteiger partial charge in [0.25, 0.3) is 5.91 Å². The van der Waals surface area contributed by atoms with Crippen molar-refractivity contribution in [2.45, 2.75) is 6.42 Å². The van der Waals surface area contributed by atoms with Gasteiger partial charge in [-0.3, -0.25) is 14.4 Å². The molecule has 6 nitrogen and oxygen atoms in total. The van der Waals surface area contributed by atoms with Gasteiger partial charge in [-0.15, -0.1) is 0 Å². The fourth-order valence-corrected chi connectivity index (χ4v) is 2.67. The minimum Gasteiger partial charge on any atom is -0.482 e. The number of ketones is 1. The van der Waals surface area contributed by atoms with E-state index in [2.05, 4.69) is 5.32 Å². The third-order valence-corrected chi connectivity index (χ3v) is 4.37. The molecule has 0 saturated carbocycles. The van der Waals surface area contributed by atoms with Crippen LogP contribution in [0.25, 0.3) is 0 Å². The van der Waals surface area contributed by atoms with Crippen molar-refractivity contribution in [3.05, 3.63) is 57.6 Å². The quantitative estimate of drug-likeness (QED) is 0.622. The van der Waals surface area contributed by atoms with Crippen LogP contribution in [0.4, 0.5) is 5.69 Å². The van der Waals surface area contributed by atoms with E-state index in [0.29, 0.717) is 32.6 Å². The number of nitrogens with one attached hydrogen (secondary N) is 1. The van der Waals surface area contributed by atoms with Crippen LogP contribution in [0.5, 0.6) is 5.75 Å². The molecular formula is C18H13Cl2NO5. The highest BCUT2D eigenvalue weighted by atomic mass is 35.5. The van der Waals surface area contributed by atoms with Crippen molar-refractivity contribution >= 4 is 46.5 Å². The Labute approximate surface area is 159 Å². The van der Waals surface area contributed by atoms with Crippen LogP contribution in [0.3, 0.4) is 0 Å². The van der Waals surface area contributed by atoms with Gasteiger partial charge in [-0.2, -0.15) is 0 Å². The molecule has 1 aliphatic rings. The number of carbonyl (C=O) groups excluding carboxylic acids is 3. The van der Waals surface area contributed by atoms with Gasteiger partial charge in [0, 0.05) is 5.56 Å². The molecule has 2 aromatic carbocycles. The monoisotopic (exact) mass is 393 g/mol. The lowest BCUT2D eigenvalue weighted by Crippen LogP contribution is -2.25. The van der Waals surface area contributed by atoms with Crippen molar-refractivity contribution in [3.8, 4) is 5.75 Å². The van der Waals surface area contributed by atoms with Crippen LogP contribution in [0.1, 0.15) is 15.9 Å². The zero-order valence-electron chi connectivity index (χ0n) is 13.4. The molecule has 1 amide bonds. The number of amides is 1. The zero-order valence-corrected chi connectivity index (χ0v) is 14.9. The molecular weight excluding hydrogens is 381 g/mol. The molecule has 0 aliphatic carbocycles. The third-order valence-electron chi connectivity index (χ3n) is 3.63. The normalized spacial score (nSPS) is 12.6. The van der Waals surface area contributed by atoms with Crippen molar-refractivity contribution in [1.29, 1.82) is 0 Å². The van der Waals surface area contributed by atoms with Gasteiger partial charge >= 0.3 is 5.97 Å². The standard InChI is InChI=1S/C18H13Cl2NO5/c19-12-3-1-10(5-13(12)20)6-18(24)26-8-15(22)11-2-4-16-14(7-11)21-17(23)9-25-16/h1-5,7H,6,8-9H2,(H,21,23). The summed E-state index contributed by atoms with van der Waals surface area (Å²) in [7, 11) is 0. The Hall–Kier alpha value is -2.57. The lowest BCUT2D eigenvalue weighted by molar-refractivity contribution is -0.141. The number of esters is 1. The molecule has 1 N–H and O–H groups in total. The summed E-state index contributed by atoms with van der Waals surface area (Å²) in [5.41, 5.74) is 1.34. The number of hydrogen-bond donors (Lipinski definition) is 1. The fourth-order valence-electron chi connectivity index (χ4n) is 2.35. The van der Waals surface area contributed by atoms with Crippen LogP contribution < -0.4 is 10.1 Å². The Morgan fingerprint density at radius 1 is 1.12 bits per heavy atom. The molecule has 0 radical (unpaired) electrons. The zero-order chi connectivity index (χ0) is 18.7. The second kappa shape index (κ2) is 7.76. The summed E-state index contributed by atoms with van der Waals surface area (Å²) in [6.07, 6.45) is -0.0295. The largest absolute Gasteiger partial charge is 0.482 e. The van der Waals surface area contributed by atoms with E-state index in [1.54, 1.807) is 30.3 Å². The Bertz CT molecular complexity index is 897. The first kappa shape index (κ1) is 18.2. The Morgan fingerprint density at radius 3 is 2.69 bits per heavy atom. The van der Waals surface area contributed by atoms with Crippen molar-refractivity contribution < 1.29 is 23.9 Å². The van der Waals surface area contributed by atoms with E-state index in [1.807, 2.05) is 0 Å². The van der Waals surface area contributed by atoms with Gasteiger partial charge in [0.15, 0.2) is 19.0 Å². The molecule has 0 bridgehead atoms. The lowest BCUT2D eigenvalue weighted by atomic mass is 10.1. The van der Waals surface area contributed by atoms with Crippen molar-refractivity contribution in [2.24, 2.45) is 0 Å². The molecule has 0 fully saturated rings. The maximum Gasteiger partial charge on any atom is 0.310 e. The lowest BCUT2D eigenvalue weighted by Gasteiger charge is -2.18. The number of benzene rings is 2. The summed E-state index contributed by atoms with van der Waals surface area (Å²) >= 11 is 11.7. The molecule has 134 valence electrons. The second-order valence-corrected chi connectivity index (χ2v) is 6.37. The molecule has 0 aromatic heterocycles. The average molecular weight is 394 g/mol. The summed E-state index contributed by atoms with van der Waals surface area (Å²) in [4.78, 5) is 35.4. The first-order valence-corrected chi connectivity index (χ1v) is 8.37. The topological polar surface area (TPSA) is 81.7 Å². The first-order valence-electron chi connectivity index (χ1n) is 7.62. The predicted octanol–water partition coefficient (Wildman–Crippen LogP) is 3.29. The van der Waals surface area contributed by atoms with E-state index >= 15 is 0 Å². The van der Waals surface area contributed by atoms with Crippen LogP contribution >= 0.6 is 23.2 Å². The van der Waals surface area contributed by atoms with Crippen molar-refractivity contribution in [2.75, 3.05) is 18.5 Å². The molecule has 0 saturated heterocycles. The molecule has 2 aromatic rings. The Balaban J connectivity index is 1.58. The number of rotatable bonds is 5. The maximum atomic E-state index is 12.2. The maximum absolute atomic E-state index is 12.2. The number of halogens is 2. The van der Waals surface area contributed by atoms with E-state index in [0.717, 1.165) is 0 Å². The fraction of sp³-hybridized carbons (Fsp3) is 0.167. The van der Waals surface area contributed by atoms with E-state index in [9.17, 15) is 14.4 Å². The first-order chi connectivity index (χ1) is 12.4. The Morgan fingerprint density at radius 2 is 1.92 bits per heavy atom. The molecule has 0 spiro atoms. The van der Waals surface area contributed by atoms with Crippen LogP contribution in [-0.4, -0.2) is 30.9 Å². The third kappa shape index (κ3) is 4.33. The second-order valence-electron chi connectivity index (χ2n) is 5.56. The van der Waals surface area contributed by atoms with Gasteiger partial charge in [-0.05, 0) is 35.9 Å². The summed E-state index contributed by atoms with van der Waals surface area (Å²) in [6, 6.07) is 9.43. The van der Waals surface area contributed by atoms with Crippen molar-refractivity contribution in [3.63, 3.8) is 0 Å².